The van der Waals surface area contributed by atoms with E-state index >= 15 is 0 Å². The molecule has 2 heteroatoms. The van der Waals surface area contributed by atoms with Gasteiger partial charge in [-0.1, -0.05) is 48.5 Å². The van der Waals surface area contributed by atoms with E-state index in [0.29, 0.717) is 16.8 Å². The minimum absolute atomic E-state index is 0.284. The third kappa shape index (κ3) is 1.99. The maximum Gasteiger partial charge on any atom is 0.205 e. The molecule has 0 atom stereocenters. The average molecular weight is 200 g/mol. The average Bonchev–Trinajstić information content (AvgIpc) is 2.30. The summed E-state index contributed by atoms with van der Waals surface area (Å²) in [5, 5.41) is 0. The van der Waals surface area contributed by atoms with Gasteiger partial charge >= 0.3 is 0 Å². The monoisotopic (exact) mass is 200 g/mol. The predicted molar refractivity (Wildman–Crippen MR) is 59.9 cm³/mol. The van der Waals surface area contributed by atoms with Crippen LogP contribution in [0, 0.1) is 6.17 Å². The van der Waals surface area contributed by atoms with Crippen molar-refractivity contribution >= 4 is 5.69 Å². The summed E-state index contributed by atoms with van der Waals surface area (Å²) in [4.78, 5) is 0. The molecular weight excluding hydrogens is 189 g/mol. The van der Waals surface area contributed by atoms with Crippen molar-refractivity contribution in [1.82, 2.24) is 0 Å². The highest BCUT2D eigenvalue weighted by Crippen LogP contribution is 2.28. The smallest absolute Gasteiger partial charge is 0.205 e. The highest BCUT2D eigenvalue weighted by atomic mass is 19.1. The molecule has 0 aliphatic carbocycles. The minimum atomic E-state index is -0.284. The lowest BCUT2D eigenvalue weighted by Gasteiger charge is -2.09. The molecule has 0 saturated heterocycles. The van der Waals surface area contributed by atoms with Crippen molar-refractivity contribution in [2.24, 2.45) is 0 Å². The highest BCUT2D eigenvalue weighted by molar-refractivity contribution is 5.56. The van der Waals surface area contributed by atoms with Crippen LogP contribution in [0.4, 0.5) is 10.1 Å². The lowest BCUT2D eigenvalue weighted by Crippen LogP contribution is -1.99. The van der Waals surface area contributed by atoms with Crippen LogP contribution in [0.15, 0.2) is 54.6 Å². The number of nitrogen functional groups attached to an aromatic ring is 1. The van der Waals surface area contributed by atoms with Crippen LogP contribution in [0.3, 0.4) is 0 Å². The fourth-order valence-electron chi connectivity index (χ4n) is 1.44. The summed E-state index contributed by atoms with van der Waals surface area (Å²) in [7, 11) is 0. The van der Waals surface area contributed by atoms with Crippen LogP contribution < -0.4 is 5.73 Å². The molecule has 0 spiro atoms. The Bertz CT molecular complexity index is 439. The molecule has 0 fully saturated rings. The number of rotatable bonds is 2. The number of halogens is 1. The van der Waals surface area contributed by atoms with E-state index in [1.807, 2.05) is 6.07 Å². The van der Waals surface area contributed by atoms with Gasteiger partial charge in [-0.15, -0.1) is 0 Å². The van der Waals surface area contributed by atoms with Gasteiger partial charge in [-0.2, -0.15) is 0 Å². The molecule has 2 N–H and O–H groups in total. The number of hydrogen-bond donors (Lipinski definition) is 1. The number of nitrogens with two attached hydrogens (primary N) is 1. The van der Waals surface area contributed by atoms with Gasteiger partial charge in [0.25, 0.3) is 0 Å². The van der Waals surface area contributed by atoms with Gasteiger partial charge in [-0.3, -0.25) is 0 Å². The van der Waals surface area contributed by atoms with E-state index in [0.717, 1.165) is 0 Å². The maximum absolute atomic E-state index is 14.0. The molecule has 2 aromatic rings. The van der Waals surface area contributed by atoms with E-state index in [2.05, 4.69) is 0 Å². The molecule has 0 bridgehead atoms. The normalized spacial score (nSPS) is 10.5. The fraction of sp³-hybridized carbons (Fsp3) is 0. The van der Waals surface area contributed by atoms with Crippen LogP contribution in [0.2, 0.25) is 0 Å². The fourth-order valence-corrected chi connectivity index (χ4v) is 1.44. The first-order valence-electron chi connectivity index (χ1n) is 4.72. The Labute approximate surface area is 88.4 Å². The number of para-hydroxylation sites is 1. The molecule has 75 valence electrons. The van der Waals surface area contributed by atoms with Crippen molar-refractivity contribution in [2.75, 3.05) is 5.73 Å². The highest BCUT2D eigenvalue weighted by Gasteiger charge is 2.15. The first-order valence-corrected chi connectivity index (χ1v) is 4.72. The van der Waals surface area contributed by atoms with Crippen LogP contribution in [-0.2, 0) is 0 Å². The molecule has 0 heterocycles. The van der Waals surface area contributed by atoms with Crippen molar-refractivity contribution in [3.8, 4) is 0 Å². The Morgan fingerprint density at radius 1 is 0.867 bits per heavy atom. The molecule has 2 aromatic carbocycles. The maximum atomic E-state index is 14.0. The summed E-state index contributed by atoms with van der Waals surface area (Å²) >= 11 is 0. The Kier molecular flexibility index (Phi) is 2.68. The second kappa shape index (κ2) is 4.13. The molecular formula is C13H11FN. The summed E-state index contributed by atoms with van der Waals surface area (Å²) in [6, 6.07) is 15.8. The molecule has 1 radical (unpaired) electrons. The first kappa shape index (κ1) is 9.71. The summed E-state index contributed by atoms with van der Waals surface area (Å²) in [5.74, 6) is 0. The second-order valence-corrected chi connectivity index (χ2v) is 3.27. The molecule has 15 heavy (non-hydrogen) atoms. The lowest BCUT2D eigenvalue weighted by atomic mass is 10.0. The van der Waals surface area contributed by atoms with E-state index < -0.39 is 0 Å². The third-order valence-corrected chi connectivity index (χ3v) is 2.22. The van der Waals surface area contributed by atoms with Crippen LogP contribution in [-0.4, -0.2) is 0 Å². The van der Waals surface area contributed by atoms with E-state index in [4.69, 9.17) is 5.73 Å². The van der Waals surface area contributed by atoms with Gasteiger partial charge in [-0.05, 0) is 11.6 Å². The van der Waals surface area contributed by atoms with Gasteiger partial charge in [0.15, 0.2) is 0 Å². The summed E-state index contributed by atoms with van der Waals surface area (Å²) < 4.78 is 14.0. The van der Waals surface area contributed by atoms with Crippen LogP contribution >= 0.6 is 0 Å². The second-order valence-electron chi connectivity index (χ2n) is 3.27. The molecule has 0 saturated carbocycles. The zero-order valence-electron chi connectivity index (χ0n) is 8.15. The van der Waals surface area contributed by atoms with E-state index in [9.17, 15) is 4.39 Å². The van der Waals surface area contributed by atoms with Crippen LogP contribution in [0.25, 0.3) is 0 Å². The van der Waals surface area contributed by atoms with E-state index in [-0.39, 0.29) is 6.17 Å². The molecule has 2 rings (SSSR count). The van der Waals surface area contributed by atoms with Crippen molar-refractivity contribution in [1.29, 1.82) is 0 Å². The molecule has 0 aliphatic rings. The SMILES string of the molecule is Nc1ccccc1[C](F)c1ccccc1. The Morgan fingerprint density at radius 2 is 1.47 bits per heavy atom. The van der Waals surface area contributed by atoms with Gasteiger partial charge in [0.1, 0.15) is 0 Å². The van der Waals surface area contributed by atoms with Crippen LogP contribution in [0.5, 0.6) is 0 Å². The van der Waals surface area contributed by atoms with Crippen molar-refractivity contribution in [3.63, 3.8) is 0 Å². The third-order valence-electron chi connectivity index (χ3n) is 2.22. The number of benzene rings is 2. The molecule has 0 aromatic heterocycles. The van der Waals surface area contributed by atoms with E-state index in [1.165, 1.54) is 0 Å². The minimum Gasteiger partial charge on any atom is -0.398 e. The number of anilines is 1. The Balaban J connectivity index is 2.37. The number of hydrogen-bond acceptors (Lipinski definition) is 1. The largest absolute Gasteiger partial charge is 0.398 e. The summed E-state index contributed by atoms with van der Waals surface area (Å²) in [6.45, 7) is 0. The standard InChI is InChI=1S/C13H11FN/c14-13(10-6-2-1-3-7-10)11-8-4-5-9-12(11)15/h1-9H,15H2. The zero-order valence-corrected chi connectivity index (χ0v) is 8.15. The van der Waals surface area contributed by atoms with Gasteiger partial charge < -0.3 is 5.73 Å². The Morgan fingerprint density at radius 3 is 2.13 bits per heavy atom. The van der Waals surface area contributed by atoms with Gasteiger partial charge in [-0.25, -0.2) is 4.39 Å². The first-order chi connectivity index (χ1) is 7.29. The van der Waals surface area contributed by atoms with E-state index in [1.54, 1.807) is 48.5 Å². The van der Waals surface area contributed by atoms with Crippen molar-refractivity contribution < 1.29 is 4.39 Å². The Hall–Kier alpha value is -1.83. The quantitative estimate of drug-likeness (QED) is 0.740. The molecule has 1 nitrogen and oxygen atoms in total. The van der Waals surface area contributed by atoms with Gasteiger partial charge in [0.2, 0.25) is 6.17 Å². The van der Waals surface area contributed by atoms with Crippen LogP contribution in [0.1, 0.15) is 11.1 Å². The van der Waals surface area contributed by atoms with Crippen molar-refractivity contribution in [2.45, 2.75) is 0 Å². The molecule has 0 amide bonds. The summed E-state index contributed by atoms with van der Waals surface area (Å²) in [5.41, 5.74) is 7.15. The van der Waals surface area contributed by atoms with Gasteiger partial charge in [0, 0.05) is 11.3 Å². The topological polar surface area (TPSA) is 26.0 Å². The molecule has 0 unspecified atom stereocenters. The lowest BCUT2D eigenvalue weighted by molar-refractivity contribution is 0.568. The predicted octanol–water partition coefficient (Wildman–Crippen LogP) is 3.17. The molecule has 0 aliphatic heterocycles. The van der Waals surface area contributed by atoms with Crippen molar-refractivity contribution in [3.05, 3.63) is 71.9 Å². The van der Waals surface area contributed by atoms with Gasteiger partial charge in [0.05, 0.1) is 0 Å². The zero-order chi connectivity index (χ0) is 10.7. The summed E-state index contributed by atoms with van der Waals surface area (Å²) in [6.07, 6.45) is -0.284.